The Hall–Kier alpha value is -1.86. The molecule has 2 rings (SSSR count). The van der Waals surface area contributed by atoms with Gasteiger partial charge in [-0.1, -0.05) is 0 Å². The van der Waals surface area contributed by atoms with Gasteiger partial charge >= 0.3 is 6.18 Å². The molecule has 23 heavy (non-hydrogen) atoms. The highest BCUT2D eigenvalue weighted by molar-refractivity contribution is 7.98. The quantitative estimate of drug-likeness (QED) is 0.772. The molecule has 0 unspecified atom stereocenters. The van der Waals surface area contributed by atoms with E-state index in [1.807, 2.05) is 0 Å². The van der Waals surface area contributed by atoms with Crippen molar-refractivity contribution < 1.29 is 17.9 Å². The summed E-state index contributed by atoms with van der Waals surface area (Å²) in [6.45, 7) is 0.222. The average Bonchev–Trinajstić information content (AvgIpc) is 2.54. The normalized spacial score (nSPS) is 11.4. The van der Waals surface area contributed by atoms with Gasteiger partial charge in [0.25, 0.3) is 0 Å². The molecule has 0 amide bonds. The third-order valence-corrected chi connectivity index (χ3v) is 4.07. The minimum atomic E-state index is -4.43. The van der Waals surface area contributed by atoms with Gasteiger partial charge in [0.1, 0.15) is 11.5 Å². The van der Waals surface area contributed by atoms with E-state index in [0.29, 0.717) is 11.3 Å². The highest BCUT2D eigenvalue weighted by Gasteiger charge is 2.33. The van der Waals surface area contributed by atoms with E-state index in [0.717, 1.165) is 23.5 Å². The molecule has 0 aliphatic heterocycles. The summed E-state index contributed by atoms with van der Waals surface area (Å²) in [5.41, 5.74) is 6.54. The van der Waals surface area contributed by atoms with Crippen molar-refractivity contribution in [2.24, 2.45) is 5.73 Å². The Bertz CT molecular complexity index is 690. The zero-order valence-corrected chi connectivity index (χ0v) is 13.5. The molecule has 124 valence electrons. The first-order valence-corrected chi connectivity index (χ1v) is 8.05. The van der Waals surface area contributed by atoms with Crippen LogP contribution in [0.3, 0.4) is 0 Å². The number of ether oxygens (including phenoxy) is 1. The molecule has 3 N–H and O–H groups in total. The number of hydrogen-bond acceptors (Lipinski definition) is 4. The van der Waals surface area contributed by atoms with Crippen molar-refractivity contribution in [3.63, 3.8) is 0 Å². The lowest BCUT2D eigenvalue weighted by Gasteiger charge is -2.15. The van der Waals surface area contributed by atoms with Crippen LogP contribution in [0.5, 0.6) is 11.5 Å². The molecule has 0 saturated heterocycles. The Kier molecular flexibility index (Phi) is 5.43. The second-order valence-electron chi connectivity index (χ2n) is 4.74. The van der Waals surface area contributed by atoms with Crippen molar-refractivity contribution in [1.82, 2.24) is 0 Å². The van der Waals surface area contributed by atoms with Gasteiger partial charge in [0.2, 0.25) is 0 Å². The number of anilines is 1. The number of hydrogen-bond donors (Lipinski definition) is 2. The lowest BCUT2D eigenvalue weighted by atomic mass is 10.1. The van der Waals surface area contributed by atoms with Crippen molar-refractivity contribution in [2.75, 3.05) is 18.6 Å². The highest BCUT2D eigenvalue weighted by Crippen LogP contribution is 2.39. The molecule has 0 bridgehead atoms. The van der Waals surface area contributed by atoms with Crippen LogP contribution >= 0.6 is 11.8 Å². The number of halogens is 3. The Morgan fingerprint density at radius 1 is 1.17 bits per heavy atom. The molecular formula is C16H17F3N2OS. The van der Waals surface area contributed by atoms with Crippen LogP contribution < -0.4 is 15.8 Å². The highest BCUT2D eigenvalue weighted by atomic mass is 32.2. The van der Waals surface area contributed by atoms with Crippen LogP contribution in [-0.4, -0.2) is 13.3 Å². The van der Waals surface area contributed by atoms with Gasteiger partial charge in [-0.25, -0.2) is 0 Å². The van der Waals surface area contributed by atoms with Gasteiger partial charge in [0, 0.05) is 29.7 Å². The lowest BCUT2D eigenvalue weighted by molar-refractivity contribution is -0.139. The van der Waals surface area contributed by atoms with Crippen LogP contribution in [0.2, 0.25) is 0 Å². The Morgan fingerprint density at radius 3 is 2.48 bits per heavy atom. The molecule has 0 atom stereocenters. The van der Waals surface area contributed by atoms with Crippen LogP contribution in [-0.2, 0) is 12.7 Å². The topological polar surface area (TPSA) is 47.3 Å². The summed E-state index contributed by atoms with van der Waals surface area (Å²) in [5.74, 6) is 0.568. The van der Waals surface area contributed by atoms with Crippen molar-refractivity contribution in [3.8, 4) is 11.5 Å². The minimum Gasteiger partial charge on any atom is -0.457 e. The van der Waals surface area contributed by atoms with Crippen molar-refractivity contribution in [2.45, 2.75) is 17.6 Å². The fourth-order valence-corrected chi connectivity index (χ4v) is 2.69. The molecule has 3 nitrogen and oxygen atoms in total. The van der Waals surface area contributed by atoms with E-state index in [1.54, 1.807) is 31.5 Å². The molecule has 0 heterocycles. The summed E-state index contributed by atoms with van der Waals surface area (Å²) in [4.78, 5) is 0.162. The van der Waals surface area contributed by atoms with Gasteiger partial charge in [0.05, 0.1) is 5.56 Å². The maximum absolute atomic E-state index is 13.1. The number of thioether (sulfide) groups is 1. The van der Waals surface area contributed by atoms with Crippen molar-refractivity contribution >= 4 is 17.4 Å². The summed E-state index contributed by atoms with van der Waals surface area (Å²) in [7, 11) is 1.77. The molecule has 0 aromatic heterocycles. The van der Waals surface area contributed by atoms with Gasteiger partial charge in [-0.3, -0.25) is 0 Å². The van der Waals surface area contributed by atoms with Gasteiger partial charge in [-0.2, -0.15) is 13.2 Å². The molecule has 0 aliphatic rings. The van der Waals surface area contributed by atoms with Gasteiger partial charge in [-0.05, 0) is 42.7 Å². The van der Waals surface area contributed by atoms with Crippen molar-refractivity contribution in [1.29, 1.82) is 0 Å². The Morgan fingerprint density at radius 2 is 1.91 bits per heavy atom. The SMILES string of the molecule is CNc1ccc(Oc2ccc(SC)c(C(F)(F)F)c2)c(CN)c1. The van der Waals surface area contributed by atoms with E-state index in [9.17, 15) is 13.2 Å². The third-order valence-electron chi connectivity index (χ3n) is 3.27. The molecule has 2 aromatic rings. The molecular weight excluding hydrogens is 325 g/mol. The number of nitrogens with one attached hydrogen (secondary N) is 1. The molecule has 0 radical (unpaired) electrons. The zero-order chi connectivity index (χ0) is 17.0. The first-order valence-electron chi connectivity index (χ1n) is 6.83. The molecule has 7 heteroatoms. The zero-order valence-electron chi connectivity index (χ0n) is 12.7. The smallest absolute Gasteiger partial charge is 0.417 e. The Labute approximate surface area is 137 Å². The first-order chi connectivity index (χ1) is 10.9. The van der Waals surface area contributed by atoms with E-state index in [4.69, 9.17) is 10.5 Å². The number of alkyl halides is 3. The van der Waals surface area contributed by atoms with E-state index in [-0.39, 0.29) is 17.2 Å². The molecule has 0 fully saturated rings. The van der Waals surface area contributed by atoms with Crippen LogP contribution in [0, 0.1) is 0 Å². The summed E-state index contributed by atoms with van der Waals surface area (Å²) in [6, 6.07) is 9.20. The van der Waals surface area contributed by atoms with Crippen molar-refractivity contribution in [3.05, 3.63) is 47.5 Å². The number of rotatable bonds is 5. The second-order valence-corrected chi connectivity index (χ2v) is 5.59. The van der Waals surface area contributed by atoms with Crippen LogP contribution in [0.1, 0.15) is 11.1 Å². The number of benzene rings is 2. The van der Waals surface area contributed by atoms with Crippen LogP contribution in [0.15, 0.2) is 41.3 Å². The van der Waals surface area contributed by atoms with Gasteiger partial charge in [0.15, 0.2) is 0 Å². The fraction of sp³-hybridized carbons (Fsp3) is 0.250. The van der Waals surface area contributed by atoms with Crippen LogP contribution in [0.25, 0.3) is 0 Å². The summed E-state index contributed by atoms with van der Waals surface area (Å²) < 4.78 is 44.9. The molecule has 2 aromatic carbocycles. The third kappa shape index (κ3) is 4.11. The molecule has 0 aliphatic carbocycles. The first kappa shape index (κ1) is 17.5. The monoisotopic (exact) mass is 342 g/mol. The summed E-state index contributed by atoms with van der Waals surface area (Å²) in [6.07, 6.45) is -2.82. The van der Waals surface area contributed by atoms with E-state index in [1.165, 1.54) is 12.1 Å². The fourth-order valence-electron chi connectivity index (χ4n) is 2.09. The van der Waals surface area contributed by atoms with E-state index >= 15 is 0 Å². The van der Waals surface area contributed by atoms with Gasteiger partial charge < -0.3 is 15.8 Å². The molecule has 0 spiro atoms. The predicted octanol–water partition coefficient (Wildman–Crippen LogP) is 4.72. The minimum absolute atomic E-state index is 0.127. The van der Waals surface area contributed by atoms with Gasteiger partial charge in [-0.15, -0.1) is 11.8 Å². The van der Waals surface area contributed by atoms with E-state index in [2.05, 4.69) is 5.32 Å². The predicted molar refractivity (Wildman–Crippen MR) is 87.2 cm³/mol. The Balaban J connectivity index is 2.37. The number of nitrogens with two attached hydrogens (primary N) is 1. The average molecular weight is 342 g/mol. The maximum Gasteiger partial charge on any atom is 0.417 e. The lowest BCUT2D eigenvalue weighted by Crippen LogP contribution is -2.07. The second kappa shape index (κ2) is 7.14. The van der Waals surface area contributed by atoms with Crippen LogP contribution in [0.4, 0.5) is 18.9 Å². The molecule has 0 saturated carbocycles. The maximum atomic E-state index is 13.1. The summed E-state index contributed by atoms with van der Waals surface area (Å²) in [5, 5.41) is 2.97. The largest absolute Gasteiger partial charge is 0.457 e. The standard InChI is InChI=1S/C16H17F3N2OS/c1-21-11-3-5-14(10(7-11)9-20)22-12-4-6-15(23-2)13(8-12)16(17,18)19/h3-8,21H,9,20H2,1-2H3. The van der Waals surface area contributed by atoms with E-state index < -0.39 is 11.7 Å². The summed E-state index contributed by atoms with van der Waals surface area (Å²) >= 11 is 1.05.